The van der Waals surface area contributed by atoms with E-state index in [1.54, 1.807) is 6.20 Å². The van der Waals surface area contributed by atoms with Crippen LogP contribution in [0.25, 0.3) is 0 Å². The van der Waals surface area contributed by atoms with E-state index in [0.717, 1.165) is 5.69 Å². The zero-order chi connectivity index (χ0) is 10.7. The summed E-state index contributed by atoms with van der Waals surface area (Å²) >= 11 is 3.20. The van der Waals surface area contributed by atoms with Crippen molar-refractivity contribution in [2.45, 2.75) is 0 Å². The molecule has 2 aromatic rings. The van der Waals surface area contributed by atoms with Crippen LogP contribution in [0.1, 0.15) is 0 Å². The van der Waals surface area contributed by atoms with Crippen LogP contribution in [0, 0.1) is 0 Å². The molecular formula is C10H9BrN4. The Morgan fingerprint density at radius 2 is 1.93 bits per heavy atom. The molecule has 5 heteroatoms. The predicted octanol–water partition coefficient (Wildman–Crippen LogP) is 2.56. The minimum Gasteiger partial charge on any atom is -0.381 e. The fourth-order valence-corrected chi connectivity index (χ4v) is 1.43. The lowest BCUT2D eigenvalue weighted by molar-refractivity contribution is 1.17. The molecule has 4 nitrogen and oxygen atoms in total. The van der Waals surface area contributed by atoms with Crippen LogP contribution < -0.4 is 11.1 Å². The maximum atomic E-state index is 5.70. The van der Waals surface area contributed by atoms with E-state index >= 15 is 0 Å². The zero-order valence-electron chi connectivity index (χ0n) is 7.81. The standard InChI is InChI=1S/C10H9BrN4/c11-8-6-13-10(9(12)15-8)14-7-4-2-1-3-5-7/h1-6H,(H2,12,15)(H,13,14). The van der Waals surface area contributed by atoms with Gasteiger partial charge in [-0.25, -0.2) is 9.97 Å². The predicted molar refractivity (Wildman–Crippen MR) is 63.9 cm³/mol. The van der Waals surface area contributed by atoms with Crippen LogP contribution in [-0.4, -0.2) is 9.97 Å². The Morgan fingerprint density at radius 1 is 1.20 bits per heavy atom. The van der Waals surface area contributed by atoms with Crippen LogP contribution in [0.2, 0.25) is 0 Å². The lowest BCUT2D eigenvalue weighted by Crippen LogP contribution is -2.01. The third kappa shape index (κ3) is 2.44. The number of nitrogens with zero attached hydrogens (tertiary/aromatic N) is 2. The van der Waals surface area contributed by atoms with Gasteiger partial charge in [0.1, 0.15) is 4.60 Å². The first-order valence-electron chi connectivity index (χ1n) is 4.36. The van der Waals surface area contributed by atoms with E-state index in [9.17, 15) is 0 Å². The van der Waals surface area contributed by atoms with Crippen molar-refractivity contribution in [1.82, 2.24) is 9.97 Å². The molecule has 0 amide bonds. The van der Waals surface area contributed by atoms with E-state index in [0.29, 0.717) is 16.2 Å². The van der Waals surface area contributed by atoms with E-state index in [1.165, 1.54) is 0 Å². The van der Waals surface area contributed by atoms with Crippen molar-refractivity contribution in [1.29, 1.82) is 0 Å². The molecule has 0 spiro atoms. The van der Waals surface area contributed by atoms with Gasteiger partial charge in [-0.1, -0.05) is 18.2 Å². The number of aromatic nitrogens is 2. The Balaban J connectivity index is 2.25. The first-order valence-corrected chi connectivity index (χ1v) is 5.15. The van der Waals surface area contributed by atoms with Gasteiger partial charge in [-0.3, -0.25) is 0 Å². The van der Waals surface area contributed by atoms with Crippen molar-refractivity contribution in [3.8, 4) is 0 Å². The maximum absolute atomic E-state index is 5.70. The quantitative estimate of drug-likeness (QED) is 0.875. The molecule has 0 fully saturated rings. The topological polar surface area (TPSA) is 63.8 Å². The lowest BCUT2D eigenvalue weighted by Gasteiger charge is -2.06. The molecule has 0 aliphatic rings. The number of rotatable bonds is 2. The van der Waals surface area contributed by atoms with E-state index in [1.807, 2.05) is 30.3 Å². The van der Waals surface area contributed by atoms with Gasteiger partial charge in [0, 0.05) is 5.69 Å². The van der Waals surface area contributed by atoms with Crippen molar-refractivity contribution in [3.63, 3.8) is 0 Å². The number of nitrogens with one attached hydrogen (secondary N) is 1. The normalized spacial score (nSPS) is 9.93. The van der Waals surface area contributed by atoms with Crippen molar-refractivity contribution in [3.05, 3.63) is 41.1 Å². The van der Waals surface area contributed by atoms with Gasteiger partial charge < -0.3 is 11.1 Å². The summed E-state index contributed by atoms with van der Waals surface area (Å²) in [6, 6.07) is 9.68. The SMILES string of the molecule is Nc1nc(Br)cnc1Nc1ccccc1. The van der Waals surface area contributed by atoms with Crippen molar-refractivity contribution in [2.75, 3.05) is 11.1 Å². The summed E-state index contributed by atoms with van der Waals surface area (Å²) in [7, 11) is 0. The number of anilines is 3. The third-order valence-electron chi connectivity index (χ3n) is 1.81. The Hall–Kier alpha value is -1.62. The van der Waals surface area contributed by atoms with E-state index in [2.05, 4.69) is 31.2 Å². The second-order valence-electron chi connectivity index (χ2n) is 2.92. The van der Waals surface area contributed by atoms with Gasteiger partial charge in [0.05, 0.1) is 6.20 Å². The summed E-state index contributed by atoms with van der Waals surface area (Å²) < 4.78 is 0.624. The Labute approximate surface area is 95.7 Å². The Morgan fingerprint density at radius 3 is 2.60 bits per heavy atom. The fourth-order valence-electron chi connectivity index (χ4n) is 1.14. The van der Waals surface area contributed by atoms with Crippen molar-refractivity contribution >= 4 is 33.3 Å². The van der Waals surface area contributed by atoms with Gasteiger partial charge in [-0.05, 0) is 28.1 Å². The molecule has 0 saturated heterocycles. The molecule has 76 valence electrons. The van der Waals surface area contributed by atoms with Crippen molar-refractivity contribution in [2.24, 2.45) is 0 Å². The molecular weight excluding hydrogens is 256 g/mol. The van der Waals surface area contributed by atoms with Crippen LogP contribution in [0.3, 0.4) is 0 Å². The second kappa shape index (κ2) is 4.27. The van der Waals surface area contributed by atoms with E-state index < -0.39 is 0 Å². The number of para-hydroxylation sites is 1. The van der Waals surface area contributed by atoms with Crippen LogP contribution in [0.5, 0.6) is 0 Å². The number of hydrogen-bond acceptors (Lipinski definition) is 4. The molecule has 0 bridgehead atoms. The number of nitrogens with two attached hydrogens (primary N) is 1. The molecule has 1 aromatic heterocycles. The number of nitrogen functional groups attached to an aromatic ring is 1. The first-order chi connectivity index (χ1) is 7.25. The van der Waals surface area contributed by atoms with Crippen LogP contribution >= 0.6 is 15.9 Å². The molecule has 3 N–H and O–H groups in total. The number of hydrogen-bond donors (Lipinski definition) is 2. The lowest BCUT2D eigenvalue weighted by atomic mass is 10.3. The monoisotopic (exact) mass is 264 g/mol. The van der Waals surface area contributed by atoms with Crippen molar-refractivity contribution < 1.29 is 0 Å². The third-order valence-corrected chi connectivity index (χ3v) is 2.19. The molecule has 15 heavy (non-hydrogen) atoms. The van der Waals surface area contributed by atoms with Gasteiger partial charge >= 0.3 is 0 Å². The highest BCUT2D eigenvalue weighted by atomic mass is 79.9. The minimum absolute atomic E-state index is 0.369. The summed E-state index contributed by atoms with van der Waals surface area (Å²) in [6.07, 6.45) is 1.60. The highest BCUT2D eigenvalue weighted by Crippen LogP contribution is 2.19. The van der Waals surface area contributed by atoms with Crippen LogP contribution in [-0.2, 0) is 0 Å². The summed E-state index contributed by atoms with van der Waals surface area (Å²) in [4.78, 5) is 8.17. The molecule has 0 aliphatic carbocycles. The van der Waals surface area contributed by atoms with Gasteiger partial charge in [-0.2, -0.15) is 0 Å². The summed E-state index contributed by atoms with van der Waals surface area (Å²) in [6.45, 7) is 0. The maximum Gasteiger partial charge on any atom is 0.173 e. The van der Waals surface area contributed by atoms with Gasteiger partial charge in [0.25, 0.3) is 0 Å². The average molecular weight is 265 g/mol. The molecule has 0 unspecified atom stereocenters. The second-order valence-corrected chi connectivity index (χ2v) is 3.73. The zero-order valence-corrected chi connectivity index (χ0v) is 9.40. The highest BCUT2D eigenvalue weighted by molar-refractivity contribution is 9.10. The number of benzene rings is 1. The smallest absolute Gasteiger partial charge is 0.173 e. The average Bonchev–Trinajstić information content (AvgIpc) is 2.24. The number of halogens is 1. The molecule has 0 aliphatic heterocycles. The molecule has 0 saturated carbocycles. The first kappa shape index (κ1) is 9.92. The fraction of sp³-hybridized carbons (Fsp3) is 0. The van der Waals surface area contributed by atoms with Gasteiger partial charge in [0.2, 0.25) is 0 Å². The Kier molecular flexibility index (Phi) is 2.82. The van der Waals surface area contributed by atoms with Gasteiger partial charge in [-0.15, -0.1) is 0 Å². The van der Waals surface area contributed by atoms with E-state index in [-0.39, 0.29) is 0 Å². The van der Waals surface area contributed by atoms with E-state index in [4.69, 9.17) is 5.73 Å². The minimum atomic E-state index is 0.369. The molecule has 2 rings (SSSR count). The molecule has 1 aromatic carbocycles. The largest absolute Gasteiger partial charge is 0.381 e. The summed E-state index contributed by atoms with van der Waals surface area (Å²) in [5.74, 6) is 0.928. The summed E-state index contributed by atoms with van der Waals surface area (Å²) in [5.41, 5.74) is 6.63. The molecule has 0 radical (unpaired) electrons. The molecule has 1 heterocycles. The van der Waals surface area contributed by atoms with Crippen LogP contribution in [0.15, 0.2) is 41.1 Å². The summed E-state index contributed by atoms with van der Waals surface area (Å²) in [5, 5.41) is 3.08. The van der Waals surface area contributed by atoms with Crippen LogP contribution in [0.4, 0.5) is 17.3 Å². The van der Waals surface area contributed by atoms with Gasteiger partial charge in [0.15, 0.2) is 11.6 Å². The highest BCUT2D eigenvalue weighted by Gasteiger charge is 2.02. The molecule has 0 atom stereocenters. The Bertz CT molecular complexity index is 458.